The van der Waals surface area contributed by atoms with Crippen LogP contribution in [0, 0.1) is 11.3 Å². The minimum absolute atomic E-state index is 0.330. The van der Waals surface area contributed by atoms with Crippen molar-refractivity contribution in [3.05, 3.63) is 0 Å². The van der Waals surface area contributed by atoms with E-state index in [0.29, 0.717) is 12.4 Å². The molecule has 2 unspecified atom stereocenters. The van der Waals surface area contributed by atoms with E-state index >= 15 is 0 Å². The Morgan fingerprint density at radius 2 is 1.93 bits per heavy atom. The molecule has 1 saturated carbocycles. The summed E-state index contributed by atoms with van der Waals surface area (Å²) in [6.07, 6.45) is 8.22. The zero-order chi connectivity index (χ0) is 9.97. The van der Waals surface area contributed by atoms with Crippen LogP contribution >= 0.6 is 0 Å². The van der Waals surface area contributed by atoms with Gasteiger partial charge >= 0.3 is 0 Å². The molecular weight excluding hydrogens is 174 g/mol. The summed E-state index contributed by atoms with van der Waals surface area (Å²) < 4.78 is 0. The van der Waals surface area contributed by atoms with Gasteiger partial charge in [-0.05, 0) is 38.1 Å². The van der Waals surface area contributed by atoms with Crippen LogP contribution in [0.2, 0.25) is 0 Å². The second kappa shape index (κ2) is 4.30. The Bertz CT molecular complexity index is 213. The summed E-state index contributed by atoms with van der Waals surface area (Å²) in [5, 5.41) is 7.37. The molecule has 0 bridgehead atoms. The maximum atomic E-state index is 7.37. The lowest BCUT2D eigenvalue weighted by Crippen LogP contribution is -2.49. The van der Waals surface area contributed by atoms with Crippen molar-refractivity contribution in [2.75, 3.05) is 13.1 Å². The molecule has 0 spiro atoms. The molecule has 1 aliphatic heterocycles. The van der Waals surface area contributed by atoms with E-state index in [1.165, 1.54) is 38.5 Å². The Morgan fingerprint density at radius 1 is 1.21 bits per heavy atom. The van der Waals surface area contributed by atoms with Gasteiger partial charge in [-0.2, -0.15) is 0 Å². The Hall–Kier alpha value is -0.570. The van der Waals surface area contributed by atoms with Crippen LogP contribution < -0.4 is 5.73 Å². The molecule has 2 aliphatic rings. The second-order valence-electron chi connectivity index (χ2n) is 4.75. The lowest BCUT2D eigenvalue weighted by atomic mass is 9.78. The van der Waals surface area contributed by atoms with Crippen LogP contribution in [0.1, 0.15) is 38.5 Å². The normalized spacial score (nSPS) is 33.7. The van der Waals surface area contributed by atoms with Crippen LogP contribution in [0.15, 0.2) is 0 Å². The van der Waals surface area contributed by atoms with Crippen molar-refractivity contribution >= 4 is 5.84 Å². The largest absolute Gasteiger partial charge is 0.387 e. The molecule has 3 nitrogen and oxygen atoms in total. The first-order chi connectivity index (χ1) is 6.77. The van der Waals surface area contributed by atoms with Gasteiger partial charge in [0.25, 0.3) is 0 Å². The molecule has 1 saturated heterocycles. The van der Waals surface area contributed by atoms with Gasteiger partial charge in [-0.3, -0.25) is 10.3 Å². The second-order valence-corrected chi connectivity index (χ2v) is 4.75. The number of piperidine rings is 1. The highest BCUT2D eigenvalue weighted by Gasteiger charge is 2.32. The molecule has 14 heavy (non-hydrogen) atoms. The number of hydrogen-bond donors (Lipinski definition) is 2. The van der Waals surface area contributed by atoms with E-state index in [1.807, 2.05) is 0 Å². The number of nitrogens with two attached hydrogens (primary N) is 1. The van der Waals surface area contributed by atoms with Gasteiger partial charge in [0.05, 0.1) is 6.54 Å². The first kappa shape index (κ1) is 9.97. The number of nitrogens with one attached hydrogen (secondary N) is 1. The zero-order valence-electron chi connectivity index (χ0n) is 8.84. The van der Waals surface area contributed by atoms with Crippen molar-refractivity contribution in [3.63, 3.8) is 0 Å². The first-order valence-corrected chi connectivity index (χ1v) is 5.84. The van der Waals surface area contributed by atoms with E-state index in [0.717, 1.165) is 18.5 Å². The van der Waals surface area contributed by atoms with Crippen LogP contribution in [0.3, 0.4) is 0 Å². The topological polar surface area (TPSA) is 53.1 Å². The first-order valence-electron chi connectivity index (χ1n) is 5.84. The lowest BCUT2D eigenvalue weighted by Gasteiger charge is -2.43. The van der Waals surface area contributed by atoms with Crippen molar-refractivity contribution in [1.82, 2.24) is 4.90 Å². The van der Waals surface area contributed by atoms with Gasteiger partial charge in [-0.1, -0.05) is 12.8 Å². The average molecular weight is 195 g/mol. The van der Waals surface area contributed by atoms with Crippen LogP contribution in [0.5, 0.6) is 0 Å². The van der Waals surface area contributed by atoms with E-state index in [9.17, 15) is 0 Å². The molecule has 1 heterocycles. The van der Waals surface area contributed by atoms with Gasteiger partial charge in [-0.15, -0.1) is 0 Å². The summed E-state index contributed by atoms with van der Waals surface area (Å²) in [6, 6.07) is 0.737. The predicted molar refractivity (Wildman–Crippen MR) is 58.5 cm³/mol. The van der Waals surface area contributed by atoms with Crippen molar-refractivity contribution < 1.29 is 0 Å². The summed E-state index contributed by atoms with van der Waals surface area (Å²) in [4.78, 5) is 2.44. The highest BCUT2D eigenvalue weighted by atomic mass is 15.2. The maximum absolute atomic E-state index is 7.37. The van der Waals surface area contributed by atoms with Crippen molar-refractivity contribution in [1.29, 1.82) is 5.41 Å². The third-order valence-electron chi connectivity index (χ3n) is 3.73. The summed E-state index contributed by atoms with van der Waals surface area (Å²) in [7, 11) is 0. The number of rotatable bonds is 2. The average Bonchev–Trinajstić information content (AvgIpc) is 2.18. The standard InChI is InChI=1S/C11H21N3/c12-11(13)8-14-7-3-5-9-4-1-2-6-10(9)14/h9-10H,1-8H2,(H3,12,13). The van der Waals surface area contributed by atoms with Gasteiger partial charge in [-0.25, -0.2) is 0 Å². The van der Waals surface area contributed by atoms with Gasteiger partial charge in [0.1, 0.15) is 5.84 Å². The van der Waals surface area contributed by atoms with Crippen molar-refractivity contribution in [2.24, 2.45) is 11.7 Å². The number of amidine groups is 1. The fourth-order valence-electron chi connectivity index (χ4n) is 3.14. The fraction of sp³-hybridized carbons (Fsp3) is 0.909. The summed E-state index contributed by atoms with van der Waals surface area (Å²) in [5.74, 6) is 1.23. The number of likely N-dealkylation sites (tertiary alicyclic amines) is 1. The van der Waals surface area contributed by atoms with Crippen molar-refractivity contribution in [2.45, 2.75) is 44.6 Å². The number of fused-ring (bicyclic) bond motifs is 1. The molecule has 80 valence electrons. The third-order valence-corrected chi connectivity index (χ3v) is 3.73. The van der Waals surface area contributed by atoms with Gasteiger partial charge < -0.3 is 5.73 Å². The van der Waals surface area contributed by atoms with E-state index in [1.54, 1.807) is 0 Å². The van der Waals surface area contributed by atoms with Gasteiger partial charge in [0.2, 0.25) is 0 Å². The molecule has 3 heteroatoms. The highest BCUT2D eigenvalue weighted by Crippen LogP contribution is 2.34. The monoisotopic (exact) mass is 195 g/mol. The van der Waals surface area contributed by atoms with Crippen LogP contribution in [0.25, 0.3) is 0 Å². The van der Waals surface area contributed by atoms with Crippen molar-refractivity contribution in [3.8, 4) is 0 Å². The molecule has 1 aliphatic carbocycles. The molecule has 3 N–H and O–H groups in total. The Balaban J connectivity index is 1.97. The minimum Gasteiger partial charge on any atom is -0.387 e. The van der Waals surface area contributed by atoms with Gasteiger partial charge in [0, 0.05) is 6.04 Å². The zero-order valence-corrected chi connectivity index (χ0v) is 8.84. The number of hydrogen-bond acceptors (Lipinski definition) is 2. The Kier molecular flexibility index (Phi) is 3.06. The Morgan fingerprint density at radius 3 is 2.71 bits per heavy atom. The van der Waals surface area contributed by atoms with E-state index < -0.39 is 0 Å². The molecule has 0 radical (unpaired) electrons. The van der Waals surface area contributed by atoms with Crippen LogP contribution in [-0.4, -0.2) is 29.9 Å². The molecule has 2 atom stereocenters. The number of nitrogens with zero attached hydrogens (tertiary/aromatic N) is 1. The Labute approximate surface area is 86.2 Å². The maximum Gasteiger partial charge on any atom is 0.105 e. The molecule has 0 amide bonds. The minimum atomic E-state index is 0.330. The fourth-order valence-corrected chi connectivity index (χ4v) is 3.14. The van der Waals surface area contributed by atoms with E-state index in [-0.39, 0.29) is 0 Å². The molecule has 0 aromatic heterocycles. The summed E-state index contributed by atoms with van der Waals surface area (Å²) in [6.45, 7) is 1.85. The highest BCUT2D eigenvalue weighted by molar-refractivity contribution is 5.79. The summed E-state index contributed by atoms with van der Waals surface area (Å²) in [5.41, 5.74) is 5.49. The third kappa shape index (κ3) is 2.08. The smallest absolute Gasteiger partial charge is 0.105 e. The molecule has 0 aromatic rings. The van der Waals surface area contributed by atoms with Crippen LogP contribution in [-0.2, 0) is 0 Å². The van der Waals surface area contributed by atoms with Gasteiger partial charge in [0.15, 0.2) is 0 Å². The molecule has 0 aromatic carbocycles. The lowest BCUT2D eigenvalue weighted by molar-refractivity contribution is 0.0742. The van der Waals surface area contributed by atoms with E-state index in [2.05, 4.69) is 4.90 Å². The molecule has 2 rings (SSSR count). The van der Waals surface area contributed by atoms with E-state index in [4.69, 9.17) is 11.1 Å². The SMILES string of the molecule is N=C(N)CN1CCCC2CCCCC21. The quantitative estimate of drug-likeness (QED) is 0.519. The predicted octanol–water partition coefficient (Wildman–Crippen LogP) is 1.58. The molecular formula is C11H21N3. The molecule has 2 fully saturated rings. The van der Waals surface area contributed by atoms with Crippen LogP contribution in [0.4, 0.5) is 0 Å². The summed E-state index contributed by atoms with van der Waals surface area (Å²) >= 11 is 0.